The Hall–Kier alpha value is -2.26. The molecule has 10 heteroatoms. The largest absolute Gasteiger partial charge is 0.338 e. The summed E-state index contributed by atoms with van der Waals surface area (Å²) in [7, 11) is 0. The summed E-state index contributed by atoms with van der Waals surface area (Å²) in [5.74, 6) is 0.454. The van der Waals surface area contributed by atoms with Gasteiger partial charge in [-0.2, -0.15) is 5.10 Å². The molecule has 26 heavy (non-hydrogen) atoms. The number of carbonyl (C=O) groups excluding carboxylic acids is 1. The molecule has 1 atom stereocenters. The van der Waals surface area contributed by atoms with Gasteiger partial charge in [0.25, 0.3) is 11.6 Å². The van der Waals surface area contributed by atoms with Crippen molar-refractivity contribution < 1.29 is 9.72 Å². The summed E-state index contributed by atoms with van der Waals surface area (Å²) < 4.78 is 2.46. The fraction of sp³-hybridized carbons (Fsp3) is 0.438. The number of likely N-dealkylation sites (tertiary alicyclic amines) is 1. The number of nitro groups is 1. The van der Waals surface area contributed by atoms with Crippen molar-refractivity contribution in [3.05, 3.63) is 49.5 Å². The van der Waals surface area contributed by atoms with Gasteiger partial charge in [-0.1, -0.05) is 11.6 Å². The molecule has 1 saturated heterocycles. The number of piperidine rings is 1. The Bertz CT molecular complexity index is 910. The van der Waals surface area contributed by atoms with Gasteiger partial charge in [0, 0.05) is 36.6 Å². The lowest BCUT2D eigenvalue weighted by molar-refractivity contribution is -0.385. The van der Waals surface area contributed by atoms with E-state index in [4.69, 9.17) is 23.8 Å². The highest BCUT2D eigenvalue weighted by molar-refractivity contribution is 7.71. The number of amides is 1. The second-order valence-corrected chi connectivity index (χ2v) is 6.96. The zero-order valence-corrected chi connectivity index (χ0v) is 15.7. The third kappa shape index (κ3) is 3.49. The van der Waals surface area contributed by atoms with Crippen LogP contribution in [0.1, 0.15) is 41.9 Å². The molecule has 138 valence electrons. The van der Waals surface area contributed by atoms with Crippen LogP contribution in [0.5, 0.6) is 0 Å². The average molecular weight is 396 g/mol. The van der Waals surface area contributed by atoms with Crippen molar-refractivity contribution in [1.82, 2.24) is 19.7 Å². The third-order valence-corrected chi connectivity index (χ3v) is 5.11. The van der Waals surface area contributed by atoms with E-state index in [1.54, 1.807) is 4.90 Å². The van der Waals surface area contributed by atoms with Crippen LogP contribution >= 0.6 is 23.8 Å². The van der Waals surface area contributed by atoms with Gasteiger partial charge >= 0.3 is 0 Å². The Morgan fingerprint density at radius 1 is 1.54 bits per heavy atom. The first-order valence-electron chi connectivity index (χ1n) is 8.30. The standard InChI is InChI=1S/C16H18ClN5O3S/c1-2-21-14(18-19-16(21)26)10-4-3-7-20(9-10)15(23)12-8-11(17)5-6-13(12)22(24)25/h5-6,8,10H,2-4,7,9H2,1H3,(H,19,26). The molecule has 1 aliphatic heterocycles. The maximum Gasteiger partial charge on any atom is 0.282 e. The number of nitrogens with zero attached hydrogens (tertiary/aromatic N) is 4. The summed E-state index contributed by atoms with van der Waals surface area (Å²) in [6.07, 6.45) is 1.66. The molecule has 2 aromatic rings. The number of nitrogens with one attached hydrogen (secondary N) is 1. The molecule has 0 spiro atoms. The van der Waals surface area contributed by atoms with Crippen molar-refractivity contribution in [2.45, 2.75) is 32.2 Å². The maximum absolute atomic E-state index is 12.9. The highest BCUT2D eigenvalue weighted by Gasteiger charge is 2.31. The summed E-state index contributed by atoms with van der Waals surface area (Å²) >= 11 is 11.2. The normalized spacial score (nSPS) is 17.3. The Kier molecular flexibility index (Phi) is 5.38. The van der Waals surface area contributed by atoms with Crippen LogP contribution in [0.2, 0.25) is 5.02 Å². The molecule has 1 aliphatic rings. The minimum atomic E-state index is -0.562. The maximum atomic E-state index is 12.9. The van der Waals surface area contributed by atoms with E-state index in [9.17, 15) is 14.9 Å². The van der Waals surface area contributed by atoms with Crippen molar-refractivity contribution in [3.8, 4) is 0 Å². The molecule has 1 aromatic heterocycles. The number of carbonyl (C=O) groups is 1. The van der Waals surface area contributed by atoms with Crippen LogP contribution in [0, 0.1) is 14.9 Å². The van der Waals surface area contributed by atoms with Crippen molar-refractivity contribution in [2.75, 3.05) is 13.1 Å². The van der Waals surface area contributed by atoms with Gasteiger partial charge in [0.2, 0.25) is 0 Å². The van der Waals surface area contributed by atoms with Gasteiger partial charge in [-0.15, -0.1) is 0 Å². The van der Waals surface area contributed by atoms with Crippen molar-refractivity contribution in [1.29, 1.82) is 0 Å². The lowest BCUT2D eigenvalue weighted by Crippen LogP contribution is -2.40. The summed E-state index contributed by atoms with van der Waals surface area (Å²) in [6.45, 7) is 3.64. The number of aromatic amines is 1. The second kappa shape index (κ2) is 7.55. The molecular formula is C16H18ClN5O3S. The van der Waals surface area contributed by atoms with Crippen molar-refractivity contribution >= 4 is 35.4 Å². The predicted molar refractivity (Wildman–Crippen MR) is 99.1 cm³/mol. The molecule has 0 radical (unpaired) electrons. The number of halogens is 1. The Morgan fingerprint density at radius 3 is 3.00 bits per heavy atom. The van der Waals surface area contributed by atoms with Crippen molar-refractivity contribution in [3.63, 3.8) is 0 Å². The van der Waals surface area contributed by atoms with E-state index in [1.807, 2.05) is 11.5 Å². The molecule has 1 unspecified atom stereocenters. The molecule has 1 aromatic carbocycles. The van der Waals surface area contributed by atoms with E-state index in [0.29, 0.717) is 29.4 Å². The van der Waals surface area contributed by atoms with Gasteiger partial charge in [0.1, 0.15) is 11.4 Å². The van der Waals surface area contributed by atoms with Gasteiger partial charge in [-0.25, -0.2) is 0 Å². The fourth-order valence-electron chi connectivity index (χ4n) is 3.33. The summed E-state index contributed by atoms with van der Waals surface area (Å²) in [5.41, 5.74) is -0.227. The number of nitro benzene ring substituents is 1. The van der Waals surface area contributed by atoms with Crippen LogP contribution in [-0.2, 0) is 6.54 Å². The van der Waals surface area contributed by atoms with Crippen LogP contribution in [0.25, 0.3) is 0 Å². The molecule has 1 N–H and O–H groups in total. The lowest BCUT2D eigenvalue weighted by Gasteiger charge is -2.32. The number of aromatic nitrogens is 3. The zero-order valence-electron chi connectivity index (χ0n) is 14.1. The van der Waals surface area contributed by atoms with E-state index in [2.05, 4.69) is 10.2 Å². The zero-order chi connectivity index (χ0) is 18.8. The fourth-order valence-corrected chi connectivity index (χ4v) is 3.77. The van der Waals surface area contributed by atoms with Crippen LogP contribution in [0.3, 0.4) is 0 Å². The van der Waals surface area contributed by atoms with Crippen LogP contribution in [0.15, 0.2) is 18.2 Å². The second-order valence-electron chi connectivity index (χ2n) is 6.14. The van der Waals surface area contributed by atoms with Gasteiger partial charge in [-0.05, 0) is 44.1 Å². The molecule has 2 heterocycles. The SMILES string of the molecule is CCn1c(C2CCCN(C(=O)c3cc(Cl)ccc3[N+](=O)[O-])C2)n[nH]c1=S. The first-order chi connectivity index (χ1) is 12.4. The number of rotatable bonds is 4. The Morgan fingerprint density at radius 2 is 2.31 bits per heavy atom. The topological polar surface area (TPSA) is 97.1 Å². The molecule has 0 bridgehead atoms. The highest BCUT2D eigenvalue weighted by atomic mass is 35.5. The molecule has 1 amide bonds. The van der Waals surface area contributed by atoms with Crippen LogP contribution in [0.4, 0.5) is 5.69 Å². The smallest absolute Gasteiger partial charge is 0.282 e. The molecular weight excluding hydrogens is 378 g/mol. The first-order valence-corrected chi connectivity index (χ1v) is 9.09. The van der Waals surface area contributed by atoms with E-state index in [-0.39, 0.29) is 23.1 Å². The molecule has 0 saturated carbocycles. The summed E-state index contributed by atoms with van der Waals surface area (Å²) in [5, 5.41) is 18.7. The van der Waals surface area contributed by atoms with Gasteiger partial charge in [-0.3, -0.25) is 20.0 Å². The molecule has 1 fully saturated rings. The van der Waals surface area contributed by atoms with E-state index < -0.39 is 4.92 Å². The minimum absolute atomic E-state index is 0.0116. The van der Waals surface area contributed by atoms with Gasteiger partial charge in [0.15, 0.2) is 4.77 Å². The highest BCUT2D eigenvalue weighted by Crippen LogP contribution is 2.29. The van der Waals surface area contributed by atoms with Crippen LogP contribution in [-0.4, -0.2) is 43.6 Å². The quantitative estimate of drug-likeness (QED) is 0.485. The van der Waals surface area contributed by atoms with E-state index in [0.717, 1.165) is 18.7 Å². The lowest BCUT2D eigenvalue weighted by atomic mass is 9.96. The first kappa shape index (κ1) is 18.5. The summed E-state index contributed by atoms with van der Waals surface area (Å²) in [6, 6.07) is 4.03. The van der Waals surface area contributed by atoms with Crippen molar-refractivity contribution in [2.24, 2.45) is 0 Å². The number of hydrogen-bond acceptors (Lipinski definition) is 5. The Balaban J connectivity index is 1.88. The number of hydrogen-bond donors (Lipinski definition) is 1. The van der Waals surface area contributed by atoms with E-state index >= 15 is 0 Å². The van der Waals surface area contributed by atoms with E-state index in [1.165, 1.54) is 18.2 Å². The number of H-pyrrole nitrogens is 1. The van der Waals surface area contributed by atoms with Gasteiger partial charge < -0.3 is 9.47 Å². The summed E-state index contributed by atoms with van der Waals surface area (Å²) in [4.78, 5) is 25.2. The third-order valence-electron chi connectivity index (χ3n) is 4.56. The number of benzene rings is 1. The Labute approximate surface area is 159 Å². The average Bonchev–Trinajstić information content (AvgIpc) is 3.01. The van der Waals surface area contributed by atoms with Crippen LogP contribution < -0.4 is 0 Å². The minimum Gasteiger partial charge on any atom is -0.338 e. The monoisotopic (exact) mass is 395 g/mol. The molecule has 3 rings (SSSR count). The predicted octanol–water partition coefficient (Wildman–Crippen LogP) is 3.54. The molecule has 0 aliphatic carbocycles. The molecule has 8 nitrogen and oxygen atoms in total. The van der Waals surface area contributed by atoms with Gasteiger partial charge in [0.05, 0.1) is 4.92 Å².